The van der Waals surface area contributed by atoms with E-state index in [1.54, 1.807) is 11.3 Å². The van der Waals surface area contributed by atoms with Gasteiger partial charge < -0.3 is 9.47 Å². The highest BCUT2D eigenvalue weighted by molar-refractivity contribution is 7.11. The number of esters is 1. The molecule has 1 aromatic heterocycles. The largest absolute Gasteiger partial charge is 0.482 e. The van der Waals surface area contributed by atoms with Crippen LogP contribution in [0.4, 0.5) is 5.69 Å². The van der Waals surface area contributed by atoms with Crippen molar-refractivity contribution in [3.63, 3.8) is 0 Å². The molecule has 2 heterocycles. The number of ether oxygens (including phenoxy) is 2. The molecule has 144 valence electrons. The molecule has 0 radical (unpaired) electrons. The first kappa shape index (κ1) is 19.4. The first-order chi connectivity index (χ1) is 12.8. The molecule has 0 aliphatic carbocycles. The summed E-state index contributed by atoms with van der Waals surface area (Å²) in [6.07, 6.45) is 0.798. The van der Waals surface area contributed by atoms with Gasteiger partial charge in [0.2, 0.25) is 0 Å². The van der Waals surface area contributed by atoms with Crippen molar-refractivity contribution in [2.45, 2.75) is 34.1 Å². The van der Waals surface area contributed by atoms with Gasteiger partial charge in [-0.05, 0) is 44.4 Å². The zero-order valence-corrected chi connectivity index (χ0v) is 16.9. The SMILES string of the molecule is Cc1nc(-c2ccc3c(c2)N(CC(=O)OCCC(C)C)C(=O)CO3)c(C)s1. The van der Waals surface area contributed by atoms with Gasteiger partial charge in [0, 0.05) is 10.4 Å². The summed E-state index contributed by atoms with van der Waals surface area (Å²) >= 11 is 1.63. The van der Waals surface area contributed by atoms with Crippen LogP contribution in [0.2, 0.25) is 0 Å². The Hall–Kier alpha value is -2.41. The fourth-order valence-corrected chi connectivity index (χ4v) is 3.74. The molecule has 0 unspecified atom stereocenters. The van der Waals surface area contributed by atoms with Crippen LogP contribution < -0.4 is 9.64 Å². The highest BCUT2D eigenvalue weighted by Gasteiger charge is 2.28. The van der Waals surface area contributed by atoms with Crippen molar-refractivity contribution < 1.29 is 19.1 Å². The van der Waals surface area contributed by atoms with Crippen LogP contribution in [-0.4, -0.2) is 36.6 Å². The lowest BCUT2D eigenvalue weighted by Gasteiger charge is -2.29. The molecule has 1 amide bonds. The second-order valence-corrected chi connectivity index (χ2v) is 8.40. The molecule has 7 heteroatoms. The van der Waals surface area contributed by atoms with E-state index >= 15 is 0 Å². The van der Waals surface area contributed by atoms with Gasteiger partial charge in [0.15, 0.2) is 6.61 Å². The predicted molar refractivity (Wildman–Crippen MR) is 105 cm³/mol. The minimum absolute atomic E-state index is 0.0829. The summed E-state index contributed by atoms with van der Waals surface area (Å²) in [6, 6.07) is 5.60. The average molecular weight is 388 g/mol. The number of aromatic nitrogens is 1. The Morgan fingerprint density at radius 1 is 1.37 bits per heavy atom. The lowest BCUT2D eigenvalue weighted by Crippen LogP contribution is -2.42. The first-order valence-corrected chi connectivity index (χ1v) is 9.84. The number of amides is 1. The Morgan fingerprint density at radius 2 is 2.15 bits per heavy atom. The first-order valence-electron chi connectivity index (χ1n) is 9.02. The summed E-state index contributed by atoms with van der Waals surface area (Å²) in [7, 11) is 0. The van der Waals surface area contributed by atoms with Gasteiger partial charge in [0.1, 0.15) is 12.3 Å². The Bertz CT molecular complexity index is 860. The Balaban J connectivity index is 1.83. The fourth-order valence-electron chi connectivity index (χ4n) is 2.90. The molecule has 0 saturated carbocycles. The molecule has 0 fully saturated rings. The molecule has 0 spiro atoms. The third kappa shape index (κ3) is 4.47. The molecule has 1 aromatic carbocycles. The highest BCUT2D eigenvalue weighted by atomic mass is 32.1. The number of rotatable bonds is 6. The van der Waals surface area contributed by atoms with Crippen molar-refractivity contribution in [1.82, 2.24) is 4.98 Å². The van der Waals surface area contributed by atoms with Gasteiger partial charge in [-0.1, -0.05) is 13.8 Å². The molecule has 27 heavy (non-hydrogen) atoms. The van der Waals surface area contributed by atoms with Crippen molar-refractivity contribution in [2.75, 3.05) is 24.7 Å². The third-order valence-corrected chi connectivity index (χ3v) is 5.21. The van der Waals surface area contributed by atoms with Crippen LogP contribution in [0.1, 0.15) is 30.2 Å². The number of anilines is 1. The number of fused-ring (bicyclic) bond motifs is 1. The van der Waals surface area contributed by atoms with Crippen LogP contribution in [0.15, 0.2) is 18.2 Å². The molecular formula is C20H24N2O4S. The van der Waals surface area contributed by atoms with Crippen LogP contribution in [0.3, 0.4) is 0 Å². The zero-order valence-electron chi connectivity index (χ0n) is 16.1. The van der Waals surface area contributed by atoms with E-state index in [4.69, 9.17) is 9.47 Å². The van der Waals surface area contributed by atoms with E-state index in [1.807, 2.05) is 32.0 Å². The van der Waals surface area contributed by atoms with Crippen molar-refractivity contribution >= 4 is 28.9 Å². The van der Waals surface area contributed by atoms with Crippen LogP contribution in [-0.2, 0) is 14.3 Å². The van der Waals surface area contributed by atoms with Crippen molar-refractivity contribution in [2.24, 2.45) is 5.92 Å². The maximum atomic E-state index is 12.4. The quantitative estimate of drug-likeness (QED) is 0.705. The van der Waals surface area contributed by atoms with Gasteiger partial charge in [0.05, 0.1) is 23.0 Å². The zero-order chi connectivity index (χ0) is 19.6. The standard InChI is InChI=1S/C20H24N2O4S/c1-12(2)7-8-25-19(24)10-22-16-9-15(20-13(3)27-14(4)21-20)5-6-17(16)26-11-18(22)23/h5-6,9,12H,7-8,10-11H2,1-4H3. The Kier molecular flexibility index (Phi) is 5.79. The lowest BCUT2D eigenvalue weighted by molar-refractivity contribution is -0.143. The van der Waals surface area contributed by atoms with E-state index in [0.717, 1.165) is 27.6 Å². The van der Waals surface area contributed by atoms with E-state index in [0.29, 0.717) is 24.0 Å². The van der Waals surface area contributed by atoms with Gasteiger partial charge >= 0.3 is 5.97 Å². The van der Waals surface area contributed by atoms with Gasteiger partial charge in [-0.3, -0.25) is 14.5 Å². The summed E-state index contributed by atoms with van der Waals surface area (Å²) in [5, 5.41) is 0.984. The smallest absolute Gasteiger partial charge is 0.326 e. The normalized spacial score (nSPS) is 13.5. The van der Waals surface area contributed by atoms with E-state index in [9.17, 15) is 9.59 Å². The molecule has 1 aliphatic heterocycles. The van der Waals surface area contributed by atoms with Gasteiger partial charge in [-0.15, -0.1) is 11.3 Å². The lowest BCUT2D eigenvalue weighted by atomic mass is 10.1. The molecular weight excluding hydrogens is 364 g/mol. The van der Waals surface area contributed by atoms with Gasteiger partial charge in [-0.25, -0.2) is 4.98 Å². The summed E-state index contributed by atoms with van der Waals surface area (Å²) in [6.45, 7) is 8.28. The summed E-state index contributed by atoms with van der Waals surface area (Å²) in [5.41, 5.74) is 2.36. The maximum Gasteiger partial charge on any atom is 0.326 e. The maximum absolute atomic E-state index is 12.4. The average Bonchev–Trinajstić information content (AvgIpc) is 2.95. The number of hydrogen-bond acceptors (Lipinski definition) is 6. The van der Waals surface area contributed by atoms with Crippen molar-refractivity contribution in [1.29, 1.82) is 0 Å². The number of hydrogen-bond donors (Lipinski definition) is 0. The molecule has 0 saturated heterocycles. The predicted octanol–water partition coefficient (Wildman–Crippen LogP) is 3.74. The minimum Gasteiger partial charge on any atom is -0.482 e. The number of benzene rings is 1. The monoisotopic (exact) mass is 388 g/mol. The van der Waals surface area contributed by atoms with E-state index < -0.39 is 5.97 Å². The number of carbonyl (C=O) groups is 2. The molecule has 3 rings (SSSR count). The second-order valence-electron chi connectivity index (χ2n) is 6.99. The van der Waals surface area contributed by atoms with Gasteiger partial charge in [-0.2, -0.15) is 0 Å². The van der Waals surface area contributed by atoms with Crippen molar-refractivity contribution in [3.8, 4) is 17.0 Å². The van der Waals surface area contributed by atoms with Crippen molar-refractivity contribution in [3.05, 3.63) is 28.1 Å². The number of thiazole rings is 1. The van der Waals surface area contributed by atoms with E-state index in [-0.39, 0.29) is 19.1 Å². The highest BCUT2D eigenvalue weighted by Crippen LogP contribution is 2.37. The Labute approximate surface area is 163 Å². The number of carbonyl (C=O) groups excluding carboxylic acids is 2. The van der Waals surface area contributed by atoms with Crippen LogP contribution in [0, 0.1) is 19.8 Å². The number of nitrogens with zero attached hydrogens (tertiary/aromatic N) is 2. The van der Waals surface area contributed by atoms with E-state index in [2.05, 4.69) is 18.8 Å². The fraction of sp³-hybridized carbons (Fsp3) is 0.450. The summed E-state index contributed by atoms with van der Waals surface area (Å²) in [5.74, 6) is 0.364. The molecule has 1 aliphatic rings. The molecule has 0 bridgehead atoms. The van der Waals surface area contributed by atoms with Crippen LogP contribution in [0.5, 0.6) is 5.75 Å². The minimum atomic E-state index is -0.414. The molecule has 0 N–H and O–H groups in total. The molecule has 6 nitrogen and oxygen atoms in total. The molecule has 0 atom stereocenters. The number of aryl methyl sites for hydroxylation is 2. The second kappa shape index (κ2) is 8.08. The summed E-state index contributed by atoms with van der Waals surface area (Å²) < 4.78 is 10.8. The Morgan fingerprint density at radius 3 is 2.81 bits per heavy atom. The van der Waals surface area contributed by atoms with Crippen LogP contribution >= 0.6 is 11.3 Å². The topological polar surface area (TPSA) is 68.7 Å². The van der Waals surface area contributed by atoms with E-state index in [1.165, 1.54) is 4.90 Å². The summed E-state index contributed by atoms with van der Waals surface area (Å²) in [4.78, 5) is 31.7. The van der Waals surface area contributed by atoms with Crippen LogP contribution in [0.25, 0.3) is 11.3 Å². The van der Waals surface area contributed by atoms with Gasteiger partial charge in [0.25, 0.3) is 5.91 Å². The third-order valence-electron chi connectivity index (χ3n) is 4.32. The molecule has 2 aromatic rings.